The van der Waals surface area contributed by atoms with Crippen LogP contribution in [0.3, 0.4) is 0 Å². The molecule has 0 radical (unpaired) electrons. The van der Waals surface area contributed by atoms with E-state index in [1.807, 2.05) is 60.7 Å². The molecule has 1 aliphatic rings. The van der Waals surface area contributed by atoms with Crippen LogP contribution in [0.1, 0.15) is 17.5 Å². The fourth-order valence-electron chi connectivity index (χ4n) is 3.15. The van der Waals surface area contributed by atoms with E-state index in [1.165, 1.54) is 0 Å². The largest absolute Gasteiger partial charge is 0.389 e. The summed E-state index contributed by atoms with van der Waals surface area (Å²) in [4.78, 5) is -0.898. The Balaban J connectivity index is 1.49. The minimum Gasteiger partial charge on any atom is -0.389 e. The lowest BCUT2D eigenvalue weighted by Gasteiger charge is -2.53. The summed E-state index contributed by atoms with van der Waals surface area (Å²) in [6.07, 6.45) is -0.713. The van der Waals surface area contributed by atoms with Gasteiger partial charge in [0.05, 0.1) is 31.5 Å². The molecular weight excluding hydrogens is 338 g/mol. The van der Waals surface area contributed by atoms with Crippen LogP contribution in [0.4, 0.5) is 0 Å². The minimum atomic E-state index is -0.898. The molecule has 1 aliphatic carbocycles. The summed E-state index contributed by atoms with van der Waals surface area (Å²) >= 11 is 6.63. The van der Waals surface area contributed by atoms with Crippen LogP contribution in [0.25, 0.3) is 0 Å². The van der Waals surface area contributed by atoms with Gasteiger partial charge in [-0.3, -0.25) is 0 Å². The number of aliphatic hydroxyl groups excluding tert-OH is 1. The maximum Gasteiger partial charge on any atom is 0.102 e. The van der Waals surface area contributed by atoms with Crippen LogP contribution >= 0.6 is 11.6 Å². The molecule has 3 N–H and O–H groups in total. The number of hydrogen-bond acceptors (Lipinski definition) is 4. The third kappa shape index (κ3) is 4.22. The zero-order valence-corrected chi connectivity index (χ0v) is 14.8. The number of benzene rings is 2. The second-order valence-corrected chi connectivity index (χ2v) is 7.16. The molecule has 1 fully saturated rings. The molecule has 134 valence electrons. The van der Waals surface area contributed by atoms with Crippen molar-refractivity contribution in [2.24, 2.45) is 5.73 Å². The molecule has 5 heteroatoms. The average molecular weight is 362 g/mol. The Bertz CT molecular complexity index is 655. The third-order valence-electron chi connectivity index (χ3n) is 4.69. The first-order valence-corrected chi connectivity index (χ1v) is 8.89. The standard InChI is InChI=1S/C20H24ClNO3/c21-20(11-12-24-13-15-7-3-1-4-8-15)18(23)17(22)19(20)25-14-16-9-5-2-6-10-16/h1-10,17-19,23H,11-14,22H2/t17-,18+,19+,20-/m1/s1. The first-order chi connectivity index (χ1) is 12.1. The van der Waals surface area contributed by atoms with Gasteiger partial charge in [0.2, 0.25) is 0 Å². The fourth-order valence-corrected chi connectivity index (χ4v) is 3.58. The molecule has 25 heavy (non-hydrogen) atoms. The normalized spacial score (nSPS) is 28.5. The predicted molar refractivity (Wildman–Crippen MR) is 98.3 cm³/mol. The van der Waals surface area contributed by atoms with Crippen molar-refractivity contribution in [3.05, 3.63) is 71.8 Å². The highest BCUT2D eigenvalue weighted by atomic mass is 35.5. The molecule has 0 aliphatic heterocycles. The maximum atomic E-state index is 10.2. The lowest BCUT2D eigenvalue weighted by atomic mass is 9.71. The lowest BCUT2D eigenvalue weighted by molar-refractivity contribution is -0.140. The van der Waals surface area contributed by atoms with Crippen molar-refractivity contribution >= 4 is 11.6 Å². The Morgan fingerprint density at radius 2 is 1.52 bits per heavy atom. The van der Waals surface area contributed by atoms with Gasteiger partial charge in [0, 0.05) is 6.61 Å². The van der Waals surface area contributed by atoms with Crippen molar-refractivity contribution in [2.45, 2.75) is 42.8 Å². The SMILES string of the molecule is N[C@@H]1[C@H](O)[C@](Cl)(CCOCc2ccccc2)[C@H]1OCc1ccccc1. The highest BCUT2D eigenvalue weighted by molar-refractivity contribution is 6.26. The van der Waals surface area contributed by atoms with Gasteiger partial charge in [-0.2, -0.15) is 0 Å². The first-order valence-electron chi connectivity index (χ1n) is 8.51. The van der Waals surface area contributed by atoms with Crippen molar-refractivity contribution in [1.82, 2.24) is 0 Å². The van der Waals surface area contributed by atoms with E-state index >= 15 is 0 Å². The van der Waals surface area contributed by atoms with Crippen LogP contribution in [-0.4, -0.2) is 34.8 Å². The van der Waals surface area contributed by atoms with E-state index in [0.29, 0.717) is 26.2 Å². The van der Waals surface area contributed by atoms with E-state index in [9.17, 15) is 5.11 Å². The zero-order valence-electron chi connectivity index (χ0n) is 14.1. The number of alkyl halides is 1. The summed E-state index contributed by atoms with van der Waals surface area (Å²) in [5, 5.41) is 10.2. The average Bonchev–Trinajstić information content (AvgIpc) is 2.66. The molecule has 2 aromatic carbocycles. The Kier molecular flexibility index (Phi) is 6.10. The number of nitrogens with two attached hydrogens (primary N) is 1. The molecule has 0 unspecified atom stereocenters. The fraction of sp³-hybridized carbons (Fsp3) is 0.400. The van der Waals surface area contributed by atoms with Gasteiger partial charge >= 0.3 is 0 Å². The van der Waals surface area contributed by atoms with Gasteiger partial charge in [0.1, 0.15) is 4.87 Å². The summed E-state index contributed by atoms with van der Waals surface area (Å²) in [6.45, 7) is 1.38. The molecule has 0 spiro atoms. The Hall–Kier alpha value is -1.43. The van der Waals surface area contributed by atoms with E-state index in [0.717, 1.165) is 11.1 Å². The molecule has 3 rings (SSSR count). The third-order valence-corrected chi connectivity index (χ3v) is 5.32. The summed E-state index contributed by atoms with van der Waals surface area (Å²) in [6, 6.07) is 19.3. The van der Waals surface area contributed by atoms with Crippen LogP contribution in [-0.2, 0) is 22.7 Å². The summed E-state index contributed by atoms with van der Waals surface area (Å²) in [5.41, 5.74) is 8.16. The Morgan fingerprint density at radius 1 is 0.960 bits per heavy atom. The molecule has 0 heterocycles. The number of halogens is 1. The van der Waals surface area contributed by atoms with Crippen LogP contribution in [0.5, 0.6) is 0 Å². The number of aliphatic hydroxyl groups is 1. The second-order valence-electron chi connectivity index (χ2n) is 6.45. The van der Waals surface area contributed by atoms with Gasteiger partial charge in [-0.05, 0) is 17.5 Å². The highest BCUT2D eigenvalue weighted by Gasteiger charge is 2.60. The molecule has 0 amide bonds. The molecule has 0 bridgehead atoms. The molecule has 4 atom stereocenters. The van der Waals surface area contributed by atoms with Crippen LogP contribution < -0.4 is 5.73 Å². The Labute approximate surface area is 153 Å². The topological polar surface area (TPSA) is 64.7 Å². The van der Waals surface area contributed by atoms with Crippen molar-refractivity contribution in [2.75, 3.05) is 6.61 Å². The van der Waals surface area contributed by atoms with Gasteiger partial charge < -0.3 is 20.3 Å². The highest BCUT2D eigenvalue weighted by Crippen LogP contribution is 2.43. The van der Waals surface area contributed by atoms with Gasteiger partial charge in [-0.25, -0.2) is 0 Å². The summed E-state index contributed by atoms with van der Waals surface area (Å²) in [7, 11) is 0. The predicted octanol–water partition coefficient (Wildman–Crippen LogP) is 2.86. The summed E-state index contributed by atoms with van der Waals surface area (Å²) in [5.74, 6) is 0. The number of ether oxygens (including phenoxy) is 2. The van der Waals surface area contributed by atoms with Gasteiger partial charge in [0.15, 0.2) is 0 Å². The van der Waals surface area contributed by atoms with E-state index in [4.69, 9.17) is 26.8 Å². The van der Waals surface area contributed by atoms with E-state index in [-0.39, 0.29) is 0 Å². The quantitative estimate of drug-likeness (QED) is 0.560. The van der Waals surface area contributed by atoms with Crippen molar-refractivity contribution < 1.29 is 14.6 Å². The molecule has 2 aromatic rings. The smallest absolute Gasteiger partial charge is 0.102 e. The van der Waals surface area contributed by atoms with E-state index in [1.54, 1.807) is 0 Å². The lowest BCUT2D eigenvalue weighted by Crippen LogP contribution is -2.74. The monoisotopic (exact) mass is 361 g/mol. The van der Waals surface area contributed by atoms with Crippen molar-refractivity contribution in [3.63, 3.8) is 0 Å². The zero-order chi connectivity index (χ0) is 17.7. The molecular formula is C20H24ClNO3. The van der Waals surface area contributed by atoms with Gasteiger partial charge in [-0.1, -0.05) is 60.7 Å². The van der Waals surface area contributed by atoms with Crippen LogP contribution in [0.15, 0.2) is 60.7 Å². The van der Waals surface area contributed by atoms with E-state index in [2.05, 4.69) is 0 Å². The molecule has 0 aromatic heterocycles. The first kappa shape index (κ1) is 18.4. The number of rotatable bonds is 8. The molecule has 0 saturated heterocycles. The maximum absolute atomic E-state index is 10.2. The van der Waals surface area contributed by atoms with Crippen molar-refractivity contribution in [1.29, 1.82) is 0 Å². The van der Waals surface area contributed by atoms with Crippen LogP contribution in [0, 0.1) is 0 Å². The van der Waals surface area contributed by atoms with Gasteiger partial charge in [0.25, 0.3) is 0 Å². The summed E-state index contributed by atoms with van der Waals surface area (Å²) < 4.78 is 11.6. The van der Waals surface area contributed by atoms with E-state index < -0.39 is 23.1 Å². The van der Waals surface area contributed by atoms with Crippen LogP contribution in [0.2, 0.25) is 0 Å². The molecule has 1 saturated carbocycles. The van der Waals surface area contributed by atoms with Gasteiger partial charge in [-0.15, -0.1) is 11.6 Å². The Morgan fingerprint density at radius 3 is 2.12 bits per heavy atom. The number of hydrogen-bond donors (Lipinski definition) is 2. The second kappa shape index (κ2) is 8.30. The minimum absolute atomic E-state index is 0.398. The van der Waals surface area contributed by atoms with Crippen molar-refractivity contribution in [3.8, 4) is 0 Å². The molecule has 4 nitrogen and oxygen atoms in total.